The number of ether oxygens (including phenoxy) is 2. The summed E-state index contributed by atoms with van der Waals surface area (Å²) in [6, 6.07) is 3.95. The Morgan fingerprint density at radius 1 is 1.34 bits per heavy atom. The summed E-state index contributed by atoms with van der Waals surface area (Å²) in [6.45, 7) is 2.48. The zero-order valence-electron chi connectivity index (χ0n) is 16.8. The van der Waals surface area contributed by atoms with Gasteiger partial charge in [-0.2, -0.15) is 0 Å². The van der Waals surface area contributed by atoms with E-state index in [0.29, 0.717) is 6.54 Å². The van der Waals surface area contributed by atoms with E-state index in [2.05, 4.69) is 10.3 Å². The smallest absolute Gasteiger partial charge is 0.229 e. The second-order valence-electron chi connectivity index (χ2n) is 8.78. The van der Waals surface area contributed by atoms with Crippen molar-refractivity contribution in [1.82, 2.24) is 15.2 Å². The zero-order valence-corrected chi connectivity index (χ0v) is 16.8. The molecule has 0 unspecified atom stereocenters. The van der Waals surface area contributed by atoms with Crippen molar-refractivity contribution in [2.75, 3.05) is 13.6 Å². The maximum absolute atomic E-state index is 13.1. The number of likely N-dealkylation sites (tertiary alicyclic amines) is 1. The second-order valence-corrected chi connectivity index (χ2v) is 8.78. The molecule has 2 amide bonds. The lowest BCUT2D eigenvalue weighted by atomic mass is 9.76. The van der Waals surface area contributed by atoms with Crippen LogP contribution in [0.4, 0.5) is 0 Å². The number of amides is 2. The number of hydrogen-bond acceptors (Lipinski definition) is 5. The van der Waals surface area contributed by atoms with Crippen LogP contribution in [0.3, 0.4) is 0 Å². The van der Waals surface area contributed by atoms with Gasteiger partial charge < -0.3 is 19.7 Å². The van der Waals surface area contributed by atoms with E-state index in [1.165, 1.54) is 0 Å². The van der Waals surface area contributed by atoms with Crippen LogP contribution in [0.5, 0.6) is 5.75 Å². The first-order chi connectivity index (χ1) is 14.0. The van der Waals surface area contributed by atoms with Gasteiger partial charge in [-0.3, -0.25) is 14.6 Å². The summed E-state index contributed by atoms with van der Waals surface area (Å²) in [6.07, 6.45) is 9.07. The summed E-state index contributed by atoms with van der Waals surface area (Å²) in [5, 5.41) is 3.19. The van der Waals surface area contributed by atoms with Crippen molar-refractivity contribution in [2.24, 2.45) is 11.8 Å². The first kappa shape index (κ1) is 18.6. The summed E-state index contributed by atoms with van der Waals surface area (Å²) in [4.78, 5) is 31.7. The van der Waals surface area contributed by atoms with Gasteiger partial charge in [0.25, 0.3) is 0 Å². The van der Waals surface area contributed by atoms with Gasteiger partial charge in [-0.1, -0.05) is 12.2 Å². The molecular formula is C22H27N3O4. The highest BCUT2D eigenvalue weighted by molar-refractivity contribution is 5.92. The number of likely N-dealkylation sites (N-methyl/N-ethyl adjacent to an activating group) is 1. The molecule has 5 rings (SSSR count). The van der Waals surface area contributed by atoms with Crippen LogP contribution in [0.1, 0.15) is 31.4 Å². The molecule has 4 aliphatic rings. The van der Waals surface area contributed by atoms with Crippen molar-refractivity contribution in [2.45, 2.75) is 56.5 Å². The standard InChI is InChI=1S/C22H27N3O4/c1-13-16(4-3-11-23-13)28-15-7-5-14(6-8-15)24-20(26)18-17-9-10-22(29-17)12-25(2)21(27)19(18)22/h3-4,9-11,14-15,17-19H,5-8,12H2,1-2H3,(H,24,26)/t14?,15?,17-,18-,19+,22-/m0/s1. The summed E-state index contributed by atoms with van der Waals surface area (Å²) >= 11 is 0. The van der Waals surface area contributed by atoms with Gasteiger partial charge in [0.15, 0.2) is 0 Å². The van der Waals surface area contributed by atoms with E-state index >= 15 is 0 Å². The molecule has 4 atom stereocenters. The summed E-state index contributed by atoms with van der Waals surface area (Å²) in [7, 11) is 1.78. The molecule has 3 fully saturated rings. The van der Waals surface area contributed by atoms with Gasteiger partial charge in [0.05, 0.1) is 36.3 Å². The lowest BCUT2D eigenvalue weighted by molar-refractivity contribution is -0.137. The highest BCUT2D eigenvalue weighted by atomic mass is 16.5. The van der Waals surface area contributed by atoms with E-state index in [1.807, 2.05) is 31.2 Å². The van der Waals surface area contributed by atoms with Gasteiger partial charge in [-0.15, -0.1) is 0 Å². The number of hydrogen-bond donors (Lipinski definition) is 1. The number of nitrogens with one attached hydrogen (secondary N) is 1. The Morgan fingerprint density at radius 3 is 2.90 bits per heavy atom. The van der Waals surface area contributed by atoms with Crippen LogP contribution in [0.25, 0.3) is 0 Å². The molecule has 1 saturated carbocycles. The van der Waals surface area contributed by atoms with Gasteiger partial charge in [0.2, 0.25) is 11.8 Å². The molecule has 2 bridgehead atoms. The first-order valence-corrected chi connectivity index (χ1v) is 10.5. The Hall–Kier alpha value is -2.41. The number of nitrogens with zero attached hydrogens (tertiary/aromatic N) is 2. The molecule has 7 nitrogen and oxygen atoms in total. The molecule has 1 N–H and O–H groups in total. The van der Waals surface area contributed by atoms with Crippen molar-refractivity contribution < 1.29 is 19.1 Å². The van der Waals surface area contributed by atoms with Crippen LogP contribution in [-0.2, 0) is 14.3 Å². The highest BCUT2D eigenvalue weighted by Crippen LogP contribution is 2.51. The topological polar surface area (TPSA) is 80.8 Å². The molecule has 3 aliphatic heterocycles. The third kappa shape index (κ3) is 3.03. The average Bonchev–Trinajstić information content (AvgIpc) is 3.33. The minimum absolute atomic E-state index is 0.0148. The van der Waals surface area contributed by atoms with E-state index in [1.54, 1.807) is 18.1 Å². The van der Waals surface area contributed by atoms with Crippen molar-refractivity contribution in [1.29, 1.82) is 0 Å². The molecular weight excluding hydrogens is 370 g/mol. The maximum Gasteiger partial charge on any atom is 0.229 e. The number of fused-ring (bicyclic) bond motifs is 1. The predicted molar refractivity (Wildman–Crippen MR) is 105 cm³/mol. The Morgan fingerprint density at radius 2 is 2.14 bits per heavy atom. The van der Waals surface area contributed by atoms with E-state index < -0.39 is 17.4 Å². The number of carbonyl (C=O) groups excluding carboxylic acids is 2. The second kappa shape index (κ2) is 6.83. The highest BCUT2D eigenvalue weighted by Gasteiger charge is 2.66. The molecule has 4 heterocycles. The molecule has 29 heavy (non-hydrogen) atoms. The lowest BCUT2D eigenvalue weighted by Crippen LogP contribution is -2.48. The molecule has 1 aromatic heterocycles. The third-order valence-electron chi connectivity index (χ3n) is 6.87. The van der Waals surface area contributed by atoms with Crippen LogP contribution < -0.4 is 10.1 Å². The number of carbonyl (C=O) groups is 2. The van der Waals surface area contributed by atoms with Crippen LogP contribution in [0.15, 0.2) is 30.5 Å². The van der Waals surface area contributed by atoms with Crippen LogP contribution in [-0.4, -0.2) is 59.1 Å². The normalized spacial score (nSPS) is 37.7. The molecule has 1 aliphatic carbocycles. The van der Waals surface area contributed by atoms with Crippen LogP contribution in [0.2, 0.25) is 0 Å². The van der Waals surface area contributed by atoms with Crippen molar-refractivity contribution in [3.05, 3.63) is 36.2 Å². The zero-order chi connectivity index (χ0) is 20.2. The number of pyridine rings is 1. The van der Waals surface area contributed by atoms with Gasteiger partial charge in [-0.05, 0) is 44.7 Å². The molecule has 0 aromatic carbocycles. The van der Waals surface area contributed by atoms with Gasteiger partial charge >= 0.3 is 0 Å². The number of aromatic nitrogens is 1. The van der Waals surface area contributed by atoms with Gasteiger partial charge in [-0.25, -0.2) is 0 Å². The Labute approximate surface area is 170 Å². The van der Waals surface area contributed by atoms with Crippen molar-refractivity contribution >= 4 is 11.8 Å². The number of aryl methyl sites for hydroxylation is 1. The minimum atomic E-state index is -0.606. The average molecular weight is 397 g/mol. The minimum Gasteiger partial charge on any atom is -0.489 e. The fraction of sp³-hybridized carbons (Fsp3) is 0.591. The fourth-order valence-corrected chi connectivity index (χ4v) is 5.39. The Bertz CT molecular complexity index is 863. The molecule has 1 spiro atoms. The van der Waals surface area contributed by atoms with Crippen molar-refractivity contribution in [3.8, 4) is 5.75 Å². The lowest BCUT2D eigenvalue weighted by Gasteiger charge is -2.31. The predicted octanol–water partition coefficient (Wildman–Crippen LogP) is 1.61. The molecule has 0 radical (unpaired) electrons. The van der Waals surface area contributed by atoms with E-state index in [0.717, 1.165) is 37.1 Å². The molecule has 1 aromatic rings. The Balaban J connectivity index is 1.18. The van der Waals surface area contributed by atoms with Crippen LogP contribution >= 0.6 is 0 Å². The monoisotopic (exact) mass is 397 g/mol. The van der Waals surface area contributed by atoms with Crippen molar-refractivity contribution in [3.63, 3.8) is 0 Å². The Kier molecular flexibility index (Phi) is 4.38. The maximum atomic E-state index is 13.1. The molecule has 7 heteroatoms. The largest absolute Gasteiger partial charge is 0.489 e. The molecule has 154 valence electrons. The van der Waals surface area contributed by atoms with E-state index in [9.17, 15) is 9.59 Å². The third-order valence-corrected chi connectivity index (χ3v) is 6.87. The fourth-order valence-electron chi connectivity index (χ4n) is 5.39. The summed E-state index contributed by atoms with van der Waals surface area (Å²) < 4.78 is 12.2. The first-order valence-electron chi connectivity index (χ1n) is 10.5. The van der Waals surface area contributed by atoms with E-state index in [-0.39, 0.29) is 30.1 Å². The van der Waals surface area contributed by atoms with Crippen LogP contribution in [0, 0.1) is 18.8 Å². The van der Waals surface area contributed by atoms with Gasteiger partial charge in [0.1, 0.15) is 11.4 Å². The molecule has 2 saturated heterocycles. The summed E-state index contributed by atoms with van der Waals surface area (Å²) in [5.74, 6) is -0.0245. The summed E-state index contributed by atoms with van der Waals surface area (Å²) in [5.41, 5.74) is 0.290. The number of rotatable bonds is 4. The van der Waals surface area contributed by atoms with E-state index in [4.69, 9.17) is 9.47 Å². The quantitative estimate of drug-likeness (QED) is 0.781. The van der Waals surface area contributed by atoms with Gasteiger partial charge in [0, 0.05) is 19.3 Å². The SMILES string of the molecule is Cc1ncccc1OC1CCC(NC(=O)[C@H]2[C@@H]3C=C[C@@]4(CN(C)C(=O)[C@@H]24)O3)CC1.